The number of hydrogen-bond acceptors (Lipinski definition) is 2. The zero-order chi connectivity index (χ0) is 13.0. The van der Waals surface area contributed by atoms with E-state index in [1.807, 2.05) is 0 Å². The van der Waals surface area contributed by atoms with Gasteiger partial charge in [0.05, 0.1) is 0 Å². The predicted octanol–water partition coefficient (Wildman–Crippen LogP) is 3.26. The first-order valence-corrected chi connectivity index (χ1v) is 7.23. The van der Waals surface area contributed by atoms with Crippen molar-refractivity contribution < 1.29 is 0 Å². The van der Waals surface area contributed by atoms with Crippen LogP contribution in [0.4, 0.5) is 0 Å². The maximum atomic E-state index is 5.80. The van der Waals surface area contributed by atoms with Gasteiger partial charge in [-0.15, -0.1) is 0 Å². The van der Waals surface area contributed by atoms with Gasteiger partial charge in [-0.1, -0.05) is 37.5 Å². The summed E-state index contributed by atoms with van der Waals surface area (Å²) >= 11 is 0. The van der Waals surface area contributed by atoms with Gasteiger partial charge in [-0.05, 0) is 55.7 Å². The van der Waals surface area contributed by atoms with Crippen molar-refractivity contribution in [3.63, 3.8) is 0 Å². The number of rotatable bonds is 4. The van der Waals surface area contributed by atoms with E-state index in [0.717, 1.165) is 12.3 Å². The van der Waals surface area contributed by atoms with E-state index in [0.29, 0.717) is 6.04 Å². The molecule has 1 atom stereocenters. The van der Waals surface area contributed by atoms with Crippen molar-refractivity contribution in [1.82, 2.24) is 5.43 Å². The standard InChI is InChI=1S/C16H26N2/c1-12-7-6-8-13(2)15(12)11-16(18-17)14-9-4-3-5-10-14/h6-8,14,16,18H,3-5,9-11,17H2,1-2H3. The Kier molecular flexibility index (Phi) is 4.79. The minimum Gasteiger partial charge on any atom is -0.271 e. The molecule has 0 heterocycles. The molecule has 18 heavy (non-hydrogen) atoms. The molecule has 1 aliphatic carbocycles. The van der Waals surface area contributed by atoms with Crippen LogP contribution in [0, 0.1) is 19.8 Å². The van der Waals surface area contributed by atoms with Crippen LogP contribution in [0.25, 0.3) is 0 Å². The maximum Gasteiger partial charge on any atom is 0.0279 e. The van der Waals surface area contributed by atoms with Gasteiger partial charge in [0, 0.05) is 6.04 Å². The lowest BCUT2D eigenvalue weighted by Crippen LogP contribution is -2.43. The van der Waals surface area contributed by atoms with Crippen LogP contribution in [0.5, 0.6) is 0 Å². The highest BCUT2D eigenvalue weighted by Crippen LogP contribution is 2.28. The highest BCUT2D eigenvalue weighted by molar-refractivity contribution is 5.34. The lowest BCUT2D eigenvalue weighted by atomic mass is 9.81. The molecule has 0 bridgehead atoms. The van der Waals surface area contributed by atoms with E-state index in [1.165, 1.54) is 48.8 Å². The SMILES string of the molecule is Cc1cccc(C)c1CC(NN)C1CCCCC1. The summed E-state index contributed by atoms with van der Waals surface area (Å²) in [6.07, 6.45) is 7.88. The van der Waals surface area contributed by atoms with Crippen LogP contribution in [-0.4, -0.2) is 6.04 Å². The Balaban J connectivity index is 2.09. The first kappa shape index (κ1) is 13.6. The number of nitrogens with one attached hydrogen (secondary N) is 1. The van der Waals surface area contributed by atoms with Crippen LogP contribution in [0.1, 0.15) is 48.8 Å². The third-order valence-corrected chi connectivity index (χ3v) is 4.50. The van der Waals surface area contributed by atoms with Crippen molar-refractivity contribution in [2.24, 2.45) is 11.8 Å². The molecular formula is C16H26N2. The van der Waals surface area contributed by atoms with Crippen molar-refractivity contribution in [3.05, 3.63) is 34.9 Å². The van der Waals surface area contributed by atoms with Crippen molar-refractivity contribution in [2.75, 3.05) is 0 Å². The van der Waals surface area contributed by atoms with Crippen LogP contribution in [0.3, 0.4) is 0 Å². The van der Waals surface area contributed by atoms with Gasteiger partial charge < -0.3 is 0 Å². The number of nitrogens with two attached hydrogens (primary N) is 1. The molecule has 2 nitrogen and oxygen atoms in total. The summed E-state index contributed by atoms with van der Waals surface area (Å²) in [5, 5.41) is 0. The summed E-state index contributed by atoms with van der Waals surface area (Å²) < 4.78 is 0. The summed E-state index contributed by atoms with van der Waals surface area (Å²) in [5.74, 6) is 6.55. The van der Waals surface area contributed by atoms with Crippen molar-refractivity contribution in [1.29, 1.82) is 0 Å². The Hall–Kier alpha value is -0.860. The van der Waals surface area contributed by atoms with Gasteiger partial charge in [0.25, 0.3) is 0 Å². The average molecular weight is 246 g/mol. The van der Waals surface area contributed by atoms with E-state index in [-0.39, 0.29) is 0 Å². The summed E-state index contributed by atoms with van der Waals surface area (Å²) in [6, 6.07) is 6.98. The molecule has 2 rings (SSSR count). The quantitative estimate of drug-likeness (QED) is 0.632. The Morgan fingerprint density at radius 2 is 1.78 bits per heavy atom. The molecule has 1 saturated carbocycles. The minimum absolute atomic E-state index is 0.435. The molecule has 1 aromatic carbocycles. The fourth-order valence-corrected chi connectivity index (χ4v) is 3.29. The molecule has 3 N–H and O–H groups in total. The first-order chi connectivity index (χ1) is 8.72. The third kappa shape index (κ3) is 3.12. The molecule has 2 heteroatoms. The second kappa shape index (κ2) is 6.35. The third-order valence-electron chi connectivity index (χ3n) is 4.50. The fraction of sp³-hybridized carbons (Fsp3) is 0.625. The van der Waals surface area contributed by atoms with Gasteiger partial charge in [0.1, 0.15) is 0 Å². The molecule has 1 unspecified atom stereocenters. The molecule has 100 valence electrons. The largest absolute Gasteiger partial charge is 0.271 e. The maximum absolute atomic E-state index is 5.80. The number of aryl methyl sites for hydroxylation is 2. The smallest absolute Gasteiger partial charge is 0.0279 e. The van der Waals surface area contributed by atoms with Gasteiger partial charge in [-0.25, -0.2) is 0 Å². The number of hydrogen-bond donors (Lipinski definition) is 2. The summed E-state index contributed by atoms with van der Waals surface area (Å²) in [7, 11) is 0. The first-order valence-electron chi connectivity index (χ1n) is 7.23. The van der Waals surface area contributed by atoms with Gasteiger partial charge in [0.15, 0.2) is 0 Å². The number of benzene rings is 1. The second-order valence-electron chi connectivity index (χ2n) is 5.75. The van der Waals surface area contributed by atoms with Crippen LogP contribution < -0.4 is 11.3 Å². The fourth-order valence-electron chi connectivity index (χ4n) is 3.29. The Morgan fingerprint density at radius 1 is 1.17 bits per heavy atom. The zero-order valence-electron chi connectivity index (χ0n) is 11.7. The molecular weight excluding hydrogens is 220 g/mol. The average Bonchev–Trinajstić information content (AvgIpc) is 2.40. The molecule has 0 spiro atoms. The van der Waals surface area contributed by atoms with E-state index in [9.17, 15) is 0 Å². The predicted molar refractivity (Wildman–Crippen MR) is 77.3 cm³/mol. The van der Waals surface area contributed by atoms with Crippen LogP contribution in [0.15, 0.2) is 18.2 Å². The normalized spacial score (nSPS) is 18.8. The Labute approximate surface area is 111 Å². The molecule has 1 aliphatic rings. The van der Waals surface area contributed by atoms with Crippen molar-refractivity contribution in [2.45, 2.75) is 58.4 Å². The Morgan fingerprint density at radius 3 is 2.33 bits per heavy atom. The van der Waals surface area contributed by atoms with E-state index >= 15 is 0 Å². The summed E-state index contributed by atoms with van der Waals surface area (Å²) in [4.78, 5) is 0. The van der Waals surface area contributed by atoms with Crippen molar-refractivity contribution >= 4 is 0 Å². The lowest BCUT2D eigenvalue weighted by molar-refractivity contribution is 0.268. The monoisotopic (exact) mass is 246 g/mol. The van der Waals surface area contributed by atoms with E-state index < -0.39 is 0 Å². The van der Waals surface area contributed by atoms with E-state index in [1.54, 1.807) is 0 Å². The van der Waals surface area contributed by atoms with Crippen LogP contribution in [0.2, 0.25) is 0 Å². The highest BCUT2D eigenvalue weighted by Gasteiger charge is 2.23. The van der Waals surface area contributed by atoms with E-state index in [2.05, 4.69) is 37.5 Å². The molecule has 0 saturated heterocycles. The molecule has 0 aliphatic heterocycles. The second-order valence-corrected chi connectivity index (χ2v) is 5.75. The lowest BCUT2D eigenvalue weighted by Gasteiger charge is -2.30. The molecule has 0 radical (unpaired) electrons. The molecule has 1 fully saturated rings. The van der Waals surface area contributed by atoms with Crippen LogP contribution >= 0.6 is 0 Å². The van der Waals surface area contributed by atoms with Gasteiger partial charge >= 0.3 is 0 Å². The molecule has 1 aromatic rings. The minimum atomic E-state index is 0.435. The Bertz CT molecular complexity index is 360. The van der Waals surface area contributed by atoms with Gasteiger partial charge in [-0.3, -0.25) is 11.3 Å². The highest BCUT2D eigenvalue weighted by atomic mass is 15.2. The number of hydrazine groups is 1. The topological polar surface area (TPSA) is 38.0 Å². The summed E-state index contributed by atoms with van der Waals surface area (Å²) in [5.41, 5.74) is 7.34. The van der Waals surface area contributed by atoms with E-state index in [4.69, 9.17) is 5.84 Å². The van der Waals surface area contributed by atoms with Gasteiger partial charge in [-0.2, -0.15) is 0 Å². The molecule has 0 aromatic heterocycles. The van der Waals surface area contributed by atoms with Crippen LogP contribution in [-0.2, 0) is 6.42 Å². The van der Waals surface area contributed by atoms with Gasteiger partial charge in [0.2, 0.25) is 0 Å². The summed E-state index contributed by atoms with van der Waals surface area (Å²) in [6.45, 7) is 4.41. The molecule has 0 amide bonds. The van der Waals surface area contributed by atoms with Crippen molar-refractivity contribution in [3.8, 4) is 0 Å². The zero-order valence-corrected chi connectivity index (χ0v) is 11.7.